The van der Waals surface area contributed by atoms with Crippen LogP contribution in [0, 0.1) is 6.92 Å². The lowest BCUT2D eigenvalue weighted by Gasteiger charge is -2.37. The van der Waals surface area contributed by atoms with E-state index in [4.69, 9.17) is 10.7 Å². The Bertz CT molecular complexity index is 337. The van der Waals surface area contributed by atoms with Gasteiger partial charge in [-0.15, -0.1) is 0 Å². The van der Waals surface area contributed by atoms with Gasteiger partial charge < -0.3 is 9.74 Å². The van der Waals surface area contributed by atoms with E-state index >= 15 is 0 Å². The molecule has 1 fully saturated rings. The molecule has 2 rings (SSSR count). The highest BCUT2D eigenvalue weighted by atomic mass is 16.6. The summed E-state index contributed by atoms with van der Waals surface area (Å²) < 4.78 is 0. The van der Waals surface area contributed by atoms with Gasteiger partial charge in [0.25, 0.3) is 0 Å². The van der Waals surface area contributed by atoms with Gasteiger partial charge in [0.15, 0.2) is 0 Å². The van der Waals surface area contributed by atoms with Crippen LogP contribution in [0.3, 0.4) is 0 Å². The first-order chi connectivity index (χ1) is 8.31. The van der Waals surface area contributed by atoms with Crippen molar-refractivity contribution < 1.29 is 4.84 Å². The molecule has 1 saturated heterocycles. The topological polar surface area (TPSA) is 38.5 Å². The molecule has 1 aliphatic heterocycles. The molecule has 1 atom stereocenters. The molecular weight excluding hydrogens is 212 g/mol. The monoisotopic (exact) mass is 234 g/mol. The van der Waals surface area contributed by atoms with E-state index in [1.807, 2.05) is 0 Å². The zero-order valence-electron chi connectivity index (χ0n) is 10.6. The number of nitrogens with two attached hydrogens (primary N) is 1. The minimum atomic E-state index is 0.579. The maximum absolute atomic E-state index is 5.13. The summed E-state index contributed by atoms with van der Waals surface area (Å²) in [6.07, 6.45) is 4.87. The fourth-order valence-electron chi connectivity index (χ4n) is 2.58. The van der Waals surface area contributed by atoms with Crippen LogP contribution in [-0.4, -0.2) is 19.2 Å². The standard InChI is InChI=1S/C14H22N2O/c1-12-5-7-14(8-6-12)16-10-3-2-4-13(16)9-11-17-15/h5-8,13H,2-4,9-11,15H2,1H3. The first-order valence-corrected chi connectivity index (χ1v) is 6.46. The number of hydrogen-bond donors (Lipinski definition) is 1. The van der Waals surface area contributed by atoms with E-state index in [1.165, 1.54) is 30.5 Å². The van der Waals surface area contributed by atoms with Gasteiger partial charge in [0.05, 0.1) is 6.61 Å². The summed E-state index contributed by atoms with van der Waals surface area (Å²) in [5.74, 6) is 5.13. The Hall–Kier alpha value is -1.06. The predicted molar refractivity (Wildman–Crippen MR) is 70.9 cm³/mol. The SMILES string of the molecule is Cc1ccc(N2CCCCC2CCON)cc1. The Morgan fingerprint density at radius 2 is 2.06 bits per heavy atom. The van der Waals surface area contributed by atoms with Crippen molar-refractivity contribution >= 4 is 5.69 Å². The summed E-state index contributed by atoms with van der Waals surface area (Å²) in [5.41, 5.74) is 2.64. The Morgan fingerprint density at radius 1 is 1.29 bits per heavy atom. The third-order valence-corrected chi connectivity index (χ3v) is 3.56. The molecule has 0 spiro atoms. The lowest BCUT2D eigenvalue weighted by molar-refractivity contribution is 0.127. The zero-order valence-corrected chi connectivity index (χ0v) is 10.6. The van der Waals surface area contributed by atoms with Crippen LogP contribution in [0.4, 0.5) is 5.69 Å². The van der Waals surface area contributed by atoms with E-state index in [0.717, 1.165) is 13.0 Å². The van der Waals surface area contributed by atoms with Crippen LogP contribution in [0.1, 0.15) is 31.2 Å². The van der Waals surface area contributed by atoms with E-state index in [1.54, 1.807) is 0 Å². The summed E-state index contributed by atoms with van der Waals surface area (Å²) in [6, 6.07) is 9.38. The third-order valence-electron chi connectivity index (χ3n) is 3.56. The second-order valence-electron chi connectivity index (χ2n) is 4.84. The molecule has 1 aliphatic rings. The van der Waals surface area contributed by atoms with E-state index in [-0.39, 0.29) is 0 Å². The molecule has 0 aliphatic carbocycles. The second-order valence-corrected chi connectivity index (χ2v) is 4.84. The van der Waals surface area contributed by atoms with Gasteiger partial charge in [-0.05, 0) is 44.7 Å². The fourth-order valence-corrected chi connectivity index (χ4v) is 2.58. The summed E-state index contributed by atoms with van der Waals surface area (Å²) in [7, 11) is 0. The smallest absolute Gasteiger partial charge is 0.0698 e. The van der Waals surface area contributed by atoms with Crippen LogP contribution >= 0.6 is 0 Å². The van der Waals surface area contributed by atoms with Gasteiger partial charge in [-0.2, -0.15) is 0 Å². The van der Waals surface area contributed by atoms with E-state index in [0.29, 0.717) is 12.6 Å². The molecule has 94 valence electrons. The number of piperidine rings is 1. The van der Waals surface area contributed by atoms with E-state index in [2.05, 4.69) is 36.1 Å². The molecule has 1 heterocycles. The zero-order chi connectivity index (χ0) is 12.1. The van der Waals surface area contributed by atoms with Crippen molar-refractivity contribution in [2.24, 2.45) is 5.90 Å². The molecule has 3 nitrogen and oxygen atoms in total. The molecule has 17 heavy (non-hydrogen) atoms. The second kappa shape index (κ2) is 6.03. The number of benzene rings is 1. The Labute approximate surface area is 104 Å². The minimum absolute atomic E-state index is 0.579. The van der Waals surface area contributed by atoms with Crippen molar-refractivity contribution in [2.75, 3.05) is 18.1 Å². The number of rotatable bonds is 4. The summed E-state index contributed by atoms with van der Waals surface area (Å²) in [4.78, 5) is 7.22. The first kappa shape index (κ1) is 12.4. The molecule has 0 aromatic heterocycles. The van der Waals surface area contributed by atoms with Crippen LogP contribution in [0.5, 0.6) is 0 Å². The molecule has 0 saturated carbocycles. The van der Waals surface area contributed by atoms with Crippen molar-refractivity contribution in [3.63, 3.8) is 0 Å². The van der Waals surface area contributed by atoms with Crippen molar-refractivity contribution in [3.05, 3.63) is 29.8 Å². The van der Waals surface area contributed by atoms with Gasteiger partial charge in [-0.1, -0.05) is 17.7 Å². The molecule has 0 amide bonds. The van der Waals surface area contributed by atoms with E-state index in [9.17, 15) is 0 Å². The highest BCUT2D eigenvalue weighted by Gasteiger charge is 2.22. The number of anilines is 1. The Kier molecular flexibility index (Phi) is 4.40. The Morgan fingerprint density at radius 3 is 2.76 bits per heavy atom. The minimum Gasteiger partial charge on any atom is -0.368 e. The first-order valence-electron chi connectivity index (χ1n) is 6.46. The molecule has 0 bridgehead atoms. The lowest BCUT2D eigenvalue weighted by atomic mass is 9.98. The van der Waals surface area contributed by atoms with Gasteiger partial charge in [-0.25, -0.2) is 5.90 Å². The molecule has 1 unspecified atom stereocenters. The largest absolute Gasteiger partial charge is 0.368 e. The predicted octanol–water partition coefficient (Wildman–Crippen LogP) is 2.63. The molecule has 1 aromatic rings. The van der Waals surface area contributed by atoms with Gasteiger partial charge in [0, 0.05) is 18.3 Å². The van der Waals surface area contributed by atoms with Crippen molar-refractivity contribution in [3.8, 4) is 0 Å². The lowest BCUT2D eigenvalue weighted by Crippen LogP contribution is -2.40. The number of hydrogen-bond acceptors (Lipinski definition) is 3. The summed E-state index contributed by atoms with van der Waals surface area (Å²) in [6.45, 7) is 3.92. The van der Waals surface area contributed by atoms with Crippen LogP contribution in [0.2, 0.25) is 0 Å². The van der Waals surface area contributed by atoms with Crippen LogP contribution in [0.15, 0.2) is 24.3 Å². The average molecular weight is 234 g/mol. The quantitative estimate of drug-likeness (QED) is 0.814. The van der Waals surface area contributed by atoms with Crippen molar-refractivity contribution in [1.82, 2.24) is 0 Å². The average Bonchev–Trinajstić information content (AvgIpc) is 2.38. The van der Waals surface area contributed by atoms with Crippen LogP contribution in [0.25, 0.3) is 0 Å². The van der Waals surface area contributed by atoms with E-state index < -0.39 is 0 Å². The van der Waals surface area contributed by atoms with Crippen LogP contribution < -0.4 is 10.8 Å². The van der Waals surface area contributed by atoms with Gasteiger partial charge in [0.1, 0.15) is 0 Å². The fraction of sp³-hybridized carbons (Fsp3) is 0.571. The number of aryl methyl sites for hydroxylation is 1. The van der Waals surface area contributed by atoms with Crippen molar-refractivity contribution in [1.29, 1.82) is 0 Å². The molecule has 0 radical (unpaired) electrons. The maximum Gasteiger partial charge on any atom is 0.0698 e. The third kappa shape index (κ3) is 3.20. The molecular formula is C14H22N2O. The number of nitrogens with zero attached hydrogens (tertiary/aromatic N) is 1. The van der Waals surface area contributed by atoms with Crippen molar-refractivity contribution in [2.45, 2.75) is 38.6 Å². The normalized spacial score (nSPS) is 20.6. The molecule has 1 aromatic carbocycles. The van der Waals surface area contributed by atoms with Gasteiger partial charge in [0.2, 0.25) is 0 Å². The van der Waals surface area contributed by atoms with Crippen LogP contribution in [-0.2, 0) is 4.84 Å². The maximum atomic E-state index is 5.13. The molecule has 2 N–H and O–H groups in total. The molecule has 3 heteroatoms. The summed E-state index contributed by atoms with van der Waals surface area (Å²) in [5, 5.41) is 0. The van der Waals surface area contributed by atoms with Gasteiger partial charge >= 0.3 is 0 Å². The summed E-state index contributed by atoms with van der Waals surface area (Å²) >= 11 is 0. The Balaban J connectivity index is 2.07. The highest BCUT2D eigenvalue weighted by molar-refractivity contribution is 5.48. The highest BCUT2D eigenvalue weighted by Crippen LogP contribution is 2.26. The van der Waals surface area contributed by atoms with Gasteiger partial charge in [-0.3, -0.25) is 0 Å².